The first-order chi connectivity index (χ1) is 7.79. The number of benzene rings is 1. The molecule has 94 valence electrons. The van der Waals surface area contributed by atoms with E-state index in [-0.39, 0.29) is 11.3 Å². The fourth-order valence-corrected chi connectivity index (χ4v) is 1.30. The Balaban J connectivity index is 2.80. The lowest BCUT2D eigenvalue weighted by atomic mass is 10.1. The largest absolute Gasteiger partial charge is 0.507 e. The maximum atomic E-state index is 9.82. The van der Waals surface area contributed by atoms with Crippen LogP contribution in [0.15, 0.2) is 23.2 Å². The number of nitrogens with two attached hydrogens (primary N) is 1. The van der Waals surface area contributed by atoms with E-state index in [0.29, 0.717) is 12.1 Å². The summed E-state index contributed by atoms with van der Waals surface area (Å²) in [6.07, 6.45) is 1.66. The molecule has 4 nitrogen and oxygen atoms in total. The average Bonchev–Trinajstić information content (AvgIpc) is 2.18. The van der Waals surface area contributed by atoms with E-state index in [9.17, 15) is 5.11 Å². The number of hydrogen-bond donors (Lipinski definition) is 2. The second-order valence-electron chi connectivity index (χ2n) is 5.10. The predicted molar refractivity (Wildman–Crippen MR) is 73.2 cm³/mol. The molecule has 0 aromatic heterocycles. The monoisotopic (exact) mass is 235 g/mol. The number of phenolic OH excluding ortho intramolecular Hbond substituents is 1. The van der Waals surface area contributed by atoms with Crippen molar-refractivity contribution in [1.82, 2.24) is 0 Å². The summed E-state index contributed by atoms with van der Waals surface area (Å²) in [5.41, 5.74) is 7.16. The van der Waals surface area contributed by atoms with Gasteiger partial charge in [0, 0.05) is 43.2 Å². The molecular weight excluding hydrogens is 214 g/mol. The molecule has 17 heavy (non-hydrogen) atoms. The molecule has 0 saturated heterocycles. The first-order valence-corrected chi connectivity index (χ1v) is 5.59. The number of rotatable bonds is 4. The highest BCUT2D eigenvalue weighted by atomic mass is 16.3. The zero-order chi connectivity index (χ0) is 13.1. The van der Waals surface area contributed by atoms with Crippen LogP contribution in [0, 0.1) is 0 Å². The summed E-state index contributed by atoms with van der Waals surface area (Å²) in [6.45, 7) is 4.36. The highest BCUT2D eigenvalue weighted by Gasteiger charge is 2.08. The Morgan fingerprint density at radius 1 is 1.41 bits per heavy atom. The molecule has 1 aromatic carbocycles. The Hall–Kier alpha value is -1.55. The summed E-state index contributed by atoms with van der Waals surface area (Å²) in [6, 6.07) is 5.50. The van der Waals surface area contributed by atoms with E-state index in [1.807, 2.05) is 45.0 Å². The predicted octanol–water partition coefficient (Wildman–Crippen LogP) is 1.61. The van der Waals surface area contributed by atoms with Gasteiger partial charge < -0.3 is 15.7 Å². The van der Waals surface area contributed by atoms with Crippen LogP contribution in [0.5, 0.6) is 5.75 Å². The Labute approximate surface area is 103 Å². The second-order valence-corrected chi connectivity index (χ2v) is 5.10. The van der Waals surface area contributed by atoms with Crippen molar-refractivity contribution in [1.29, 1.82) is 0 Å². The molecule has 0 fully saturated rings. The number of anilines is 1. The maximum Gasteiger partial charge on any atom is 0.126 e. The quantitative estimate of drug-likeness (QED) is 0.779. The molecule has 0 amide bonds. The number of hydrogen-bond acceptors (Lipinski definition) is 4. The SMILES string of the molecule is CN(C)c1ccc(/C=N\CC(C)(C)N)c(O)c1. The molecule has 1 aromatic rings. The molecule has 0 aliphatic heterocycles. The van der Waals surface area contributed by atoms with Crippen LogP contribution in [-0.2, 0) is 0 Å². The van der Waals surface area contributed by atoms with E-state index < -0.39 is 0 Å². The van der Waals surface area contributed by atoms with Gasteiger partial charge in [-0.3, -0.25) is 4.99 Å². The summed E-state index contributed by atoms with van der Waals surface area (Å²) in [4.78, 5) is 6.16. The summed E-state index contributed by atoms with van der Waals surface area (Å²) in [7, 11) is 3.86. The molecule has 0 bridgehead atoms. The van der Waals surface area contributed by atoms with Crippen LogP contribution < -0.4 is 10.6 Å². The minimum atomic E-state index is -0.324. The van der Waals surface area contributed by atoms with Gasteiger partial charge in [-0.25, -0.2) is 0 Å². The zero-order valence-electron chi connectivity index (χ0n) is 10.9. The van der Waals surface area contributed by atoms with E-state index in [0.717, 1.165) is 5.69 Å². The number of phenols is 1. The third-order valence-electron chi connectivity index (χ3n) is 2.26. The summed E-state index contributed by atoms with van der Waals surface area (Å²) >= 11 is 0. The molecule has 4 heteroatoms. The van der Waals surface area contributed by atoms with Crippen molar-refractivity contribution in [3.05, 3.63) is 23.8 Å². The first kappa shape index (κ1) is 13.5. The van der Waals surface area contributed by atoms with Crippen molar-refractivity contribution in [3.8, 4) is 5.75 Å². The summed E-state index contributed by atoms with van der Waals surface area (Å²) in [5.74, 6) is 0.231. The third-order valence-corrected chi connectivity index (χ3v) is 2.26. The van der Waals surface area contributed by atoms with E-state index in [1.54, 1.807) is 12.3 Å². The fraction of sp³-hybridized carbons (Fsp3) is 0.462. The van der Waals surface area contributed by atoms with Crippen LogP contribution in [-0.4, -0.2) is 37.5 Å². The second kappa shape index (κ2) is 5.19. The molecular formula is C13H21N3O. The molecule has 0 aliphatic rings. The van der Waals surface area contributed by atoms with Gasteiger partial charge in [0.15, 0.2) is 0 Å². The van der Waals surface area contributed by atoms with Gasteiger partial charge in [-0.1, -0.05) is 0 Å². The van der Waals surface area contributed by atoms with Crippen molar-refractivity contribution in [2.45, 2.75) is 19.4 Å². The minimum Gasteiger partial charge on any atom is -0.507 e. The van der Waals surface area contributed by atoms with E-state index in [1.165, 1.54) is 0 Å². The number of nitrogens with zero attached hydrogens (tertiary/aromatic N) is 2. The molecule has 0 unspecified atom stereocenters. The third kappa shape index (κ3) is 4.44. The first-order valence-electron chi connectivity index (χ1n) is 5.59. The molecule has 0 saturated carbocycles. The highest BCUT2D eigenvalue weighted by molar-refractivity contribution is 5.84. The Morgan fingerprint density at radius 3 is 2.53 bits per heavy atom. The van der Waals surface area contributed by atoms with Gasteiger partial charge in [-0.15, -0.1) is 0 Å². The van der Waals surface area contributed by atoms with E-state index >= 15 is 0 Å². The molecule has 0 atom stereocenters. The van der Waals surface area contributed by atoms with Gasteiger partial charge in [0.1, 0.15) is 5.75 Å². The van der Waals surface area contributed by atoms with Crippen molar-refractivity contribution < 1.29 is 5.11 Å². The molecule has 1 rings (SSSR count). The van der Waals surface area contributed by atoms with E-state index in [4.69, 9.17) is 5.73 Å². The van der Waals surface area contributed by atoms with Gasteiger partial charge in [0.05, 0.1) is 6.54 Å². The van der Waals surface area contributed by atoms with Gasteiger partial charge in [0.25, 0.3) is 0 Å². The molecule has 0 spiro atoms. The lowest BCUT2D eigenvalue weighted by molar-refractivity contribution is 0.474. The average molecular weight is 235 g/mol. The molecule has 0 heterocycles. The van der Waals surface area contributed by atoms with Crippen LogP contribution in [0.3, 0.4) is 0 Å². The lowest BCUT2D eigenvalue weighted by Gasteiger charge is -2.15. The van der Waals surface area contributed by atoms with E-state index in [2.05, 4.69) is 4.99 Å². The lowest BCUT2D eigenvalue weighted by Crippen LogP contribution is -2.35. The standard InChI is InChI=1S/C13H21N3O/c1-13(2,14)9-15-8-10-5-6-11(16(3)4)7-12(10)17/h5-8,17H,9,14H2,1-4H3/b15-8-. The molecule has 0 aliphatic carbocycles. The van der Waals surface area contributed by atoms with Crippen LogP contribution in [0.4, 0.5) is 5.69 Å². The van der Waals surface area contributed by atoms with Crippen LogP contribution in [0.1, 0.15) is 19.4 Å². The Bertz CT molecular complexity index is 406. The maximum absolute atomic E-state index is 9.82. The number of aromatic hydroxyl groups is 1. The smallest absolute Gasteiger partial charge is 0.126 e. The van der Waals surface area contributed by atoms with Crippen molar-refractivity contribution in [3.63, 3.8) is 0 Å². The summed E-state index contributed by atoms with van der Waals surface area (Å²) in [5, 5.41) is 9.82. The zero-order valence-corrected chi connectivity index (χ0v) is 10.9. The topological polar surface area (TPSA) is 61.8 Å². The summed E-state index contributed by atoms with van der Waals surface area (Å²) < 4.78 is 0. The Kier molecular flexibility index (Phi) is 4.12. The van der Waals surface area contributed by atoms with Crippen molar-refractivity contribution in [2.75, 3.05) is 25.5 Å². The molecule has 0 radical (unpaired) electrons. The van der Waals surface area contributed by atoms with Crippen LogP contribution in [0.25, 0.3) is 0 Å². The highest BCUT2D eigenvalue weighted by Crippen LogP contribution is 2.22. The minimum absolute atomic E-state index is 0.231. The van der Waals surface area contributed by atoms with Gasteiger partial charge in [0.2, 0.25) is 0 Å². The normalized spacial score (nSPS) is 12.1. The van der Waals surface area contributed by atoms with Crippen LogP contribution >= 0.6 is 0 Å². The van der Waals surface area contributed by atoms with Gasteiger partial charge >= 0.3 is 0 Å². The van der Waals surface area contributed by atoms with Crippen LogP contribution in [0.2, 0.25) is 0 Å². The molecule has 3 N–H and O–H groups in total. The Morgan fingerprint density at radius 2 is 2.06 bits per heavy atom. The van der Waals surface area contributed by atoms with Crippen molar-refractivity contribution >= 4 is 11.9 Å². The van der Waals surface area contributed by atoms with Crippen molar-refractivity contribution in [2.24, 2.45) is 10.7 Å². The van der Waals surface area contributed by atoms with Gasteiger partial charge in [-0.2, -0.15) is 0 Å². The fourth-order valence-electron chi connectivity index (χ4n) is 1.30. The van der Waals surface area contributed by atoms with Gasteiger partial charge in [-0.05, 0) is 26.0 Å². The number of aliphatic imine (C=N–C) groups is 1.